The van der Waals surface area contributed by atoms with Gasteiger partial charge in [-0.25, -0.2) is 4.79 Å². The molecule has 7 nitrogen and oxygen atoms in total. The second-order valence-electron chi connectivity index (χ2n) is 7.39. The van der Waals surface area contributed by atoms with Crippen molar-refractivity contribution in [1.82, 2.24) is 10.2 Å². The van der Waals surface area contributed by atoms with E-state index in [0.29, 0.717) is 6.42 Å². The van der Waals surface area contributed by atoms with Gasteiger partial charge in [-0.1, -0.05) is 6.92 Å². The van der Waals surface area contributed by atoms with Gasteiger partial charge in [-0.2, -0.15) is 0 Å². The Balaban J connectivity index is 2.63. The van der Waals surface area contributed by atoms with Crippen molar-refractivity contribution in [2.75, 3.05) is 19.6 Å². The van der Waals surface area contributed by atoms with Crippen molar-refractivity contribution in [3.05, 3.63) is 0 Å². The number of carbonyl (C=O) groups excluding carboxylic acids is 1. The van der Waals surface area contributed by atoms with Crippen LogP contribution in [-0.4, -0.2) is 63.6 Å². The van der Waals surface area contributed by atoms with E-state index in [1.165, 1.54) is 4.90 Å². The molecule has 0 saturated carbocycles. The van der Waals surface area contributed by atoms with Gasteiger partial charge in [0.1, 0.15) is 5.60 Å². The summed E-state index contributed by atoms with van der Waals surface area (Å²) in [6.07, 6.45) is 0.00273. The number of aliphatic hydroxyl groups is 1. The third-order valence-corrected chi connectivity index (χ3v) is 3.73. The van der Waals surface area contributed by atoms with E-state index in [9.17, 15) is 14.7 Å². The molecule has 0 bridgehead atoms. The first-order valence-electron chi connectivity index (χ1n) is 7.55. The summed E-state index contributed by atoms with van der Waals surface area (Å²) in [5, 5.41) is 22.3. The quantitative estimate of drug-likeness (QED) is 0.681. The number of carboxylic acids is 1. The number of aliphatic carboxylic acids is 1. The molecule has 3 N–H and O–H groups in total. The van der Waals surface area contributed by atoms with Crippen LogP contribution in [0.1, 0.15) is 47.5 Å². The second-order valence-corrected chi connectivity index (χ2v) is 7.39. The normalized spacial score (nSPS) is 20.0. The number of carbonyl (C=O) groups is 2. The molecule has 0 aromatic rings. The zero-order chi connectivity index (χ0) is 17.2. The van der Waals surface area contributed by atoms with Crippen LogP contribution >= 0.6 is 0 Å². The molecule has 128 valence electrons. The molecule has 1 heterocycles. The fraction of sp³-hybridized carbons (Fsp3) is 0.867. The first-order chi connectivity index (χ1) is 9.88. The standard InChI is InChI=1S/C15H28N2O5/c1-6-14(5,21)8-16-15(7-11(18)19)9-17(10-15)12(20)22-13(2,3)4/h16,21H,6-10H2,1-5H3,(H,18,19). The number of β-amino-alcohol motifs (C(OH)–C–C–N with tert-alkyl or cyclic N) is 1. The van der Waals surface area contributed by atoms with Crippen LogP contribution in [0.4, 0.5) is 4.79 Å². The molecule has 22 heavy (non-hydrogen) atoms. The highest BCUT2D eigenvalue weighted by Crippen LogP contribution is 2.27. The molecule has 1 unspecified atom stereocenters. The van der Waals surface area contributed by atoms with Gasteiger partial charge in [0.2, 0.25) is 0 Å². The lowest BCUT2D eigenvalue weighted by Gasteiger charge is -2.50. The Labute approximate surface area is 131 Å². The summed E-state index contributed by atoms with van der Waals surface area (Å²) >= 11 is 0. The van der Waals surface area contributed by atoms with Crippen molar-refractivity contribution < 1.29 is 24.5 Å². The number of nitrogens with zero attached hydrogens (tertiary/aromatic N) is 1. The number of likely N-dealkylation sites (tertiary alicyclic amines) is 1. The molecule has 1 amide bonds. The molecule has 1 aliphatic heterocycles. The van der Waals surface area contributed by atoms with Gasteiger partial charge < -0.3 is 25.2 Å². The maximum absolute atomic E-state index is 12.0. The predicted molar refractivity (Wildman–Crippen MR) is 81.7 cm³/mol. The Hall–Kier alpha value is -1.34. The maximum Gasteiger partial charge on any atom is 0.410 e. The smallest absolute Gasteiger partial charge is 0.410 e. The lowest BCUT2D eigenvalue weighted by molar-refractivity contribution is -0.141. The van der Waals surface area contributed by atoms with E-state index in [4.69, 9.17) is 9.84 Å². The van der Waals surface area contributed by atoms with E-state index in [1.807, 2.05) is 6.92 Å². The van der Waals surface area contributed by atoms with Crippen LogP contribution in [0.3, 0.4) is 0 Å². The molecule has 0 aromatic heterocycles. The summed E-state index contributed by atoms with van der Waals surface area (Å²) in [5.74, 6) is -0.938. The molecule has 1 fully saturated rings. The molecule has 0 aliphatic carbocycles. The minimum absolute atomic E-state index is 0.105. The number of rotatable bonds is 6. The SMILES string of the molecule is CCC(C)(O)CNC1(CC(=O)O)CN(C(=O)OC(C)(C)C)C1. The molecule has 1 saturated heterocycles. The summed E-state index contributed by atoms with van der Waals surface area (Å²) < 4.78 is 5.27. The molecule has 0 radical (unpaired) electrons. The number of hydrogen-bond donors (Lipinski definition) is 3. The van der Waals surface area contributed by atoms with Crippen molar-refractivity contribution in [3.63, 3.8) is 0 Å². The van der Waals surface area contributed by atoms with Crippen molar-refractivity contribution in [1.29, 1.82) is 0 Å². The van der Waals surface area contributed by atoms with Crippen LogP contribution in [-0.2, 0) is 9.53 Å². The third kappa shape index (κ3) is 5.46. The molecule has 1 atom stereocenters. The highest BCUT2D eigenvalue weighted by atomic mass is 16.6. The van der Waals surface area contributed by atoms with Crippen LogP contribution in [0.25, 0.3) is 0 Å². The molecule has 7 heteroatoms. The van der Waals surface area contributed by atoms with Crippen LogP contribution in [0, 0.1) is 0 Å². The van der Waals surface area contributed by atoms with Gasteiger partial charge in [0.25, 0.3) is 0 Å². The van der Waals surface area contributed by atoms with Crippen LogP contribution in [0.5, 0.6) is 0 Å². The minimum atomic E-state index is -0.938. The summed E-state index contributed by atoms with van der Waals surface area (Å²) in [4.78, 5) is 24.5. The Bertz CT molecular complexity index is 422. The summed E-state index contributed by atoms with van der Waals surface area (Å²) in [6, 6.07) is 0. The molecular formula is C15H28N2O5. The second kappa shape index (κ2) is 6.42. The average molecular weight is 316 g/mol. The van der Waals surface area contributed by atoms with E-state index in [0.717, 1.165) is 0 Å². The van der Waals surface area contributed by atoms with Gasteiger partial charge in [0.15, 0.2) is 0 Å². The minimum Gasteiger partial charge on any atom is -0.481 e. The zero-order valence-corrected chi connectivity index (χ0v) is 14.1. The van der Waals surface area contributed by atoms with Gasteiger partial charge >= 0.3 is 12.1 Å². The Morgan fingerprint density at radius 1 is 1.27 bits per heavy atom. The molecule has 0 spiro atoms. The van der Waals surface area contributed by atoms with E-state index in [1.54, 1.807) is 27.7 Å². The van der Waals surface area contributed by atoms with Gasteiger partial charge in [-0.15, -0.1) is 0 Å². The highest BCUT2D eigenvalue weighted by Gasteiger charge is 2.48. The fourth-order valence-corrected chi connectivity index (χ4v) is 2.22. The van der Waals surface area contributed by atoms with E-state index in [-0.39, 0.29) is 26.1 Å². The number of hydrogen-bond acceptors (Lipinski definition) is 5. The van der Waals surface area contributed by atoms with Crippen LogP contribution in [0.2, 0.25) is 0 Å². The van der Waals surface area contributed by atoms with Crippen molar-refractivity contribution >= 4 is 12.1 Å². The number of nitrogens with one attached hydrogen (secondary N) is 1. The Morgan fingerprint density at radius 2 is 1.82 bits per heavy atom. The molecular weight excluding hydrogens is 288 g/mol. The van der Waals surface area contributed by atoms with Crippen LogP contribution in [0.15, 0.2) is 0 Å². The van der Waals surface area contributed by atoms with Gasteiger partial charge in [-0.3, -0.25) is 4.79 Å². The van der Waals surface area contributed by atoms with Gasteiger partial charge in [0, 0.05) is 19.6 Å². The van der Waals surface area contributed by atoms with E-state index in [2.05, 4.69) is 5.32 Å². The largest absolute Gasteiger partial charge is 0.481 e. The van der Waals surface area contributed by atoms with E-state index >= 15 is 0 Å². The van der Waals surface area contributed by atoms with Crippen LogP contribution < -0.4 is 5.32 Å². The predicted octanol–water partition coefficient (Wildman–Crippen LogP) is 1.20. The Morgan fingerprint density at radius 3 is 2.23 bits per heavy atom. The fourth-order valence-electron chi connectivity index (χ4n) is 2.22. The molecule has 1 aliphatic rings. The molecule has 0 aromatic carbocycles. The Kier molecular flexibility index (Phi) is 5.46. The molecule has 1 rings (SSSR count). The summed E-state index contributed by atoms with van der Waals surface area (Å²) in [6.45, 7) is 9.70. The number of carboxylic acid groups (broad SMARTS) is 1. The first-order valence-corrected chi connectivity index (χ1v) is 7.55. The van der Waals surface area contributed by atoms with Gasteiger partial charge in [-0.05, 0) is 34.1 Å². The number of ether oxygens (including phenoxy) is 1. The van der Waals surface area contributed by atoms with Crippen molar-refractivity contribution in [3.8, 4) is 0 Å². The zero-order valence-electron chi connectivity index (χ0n) is 14.1. The summed E-state index contributed by atoms with van der Waals surface area (Å²) in [5.41, 5.74) is -2.19. The summed E-state index contributed by atoms with van der Waals surface area (Å²) in [7, 11) is 0. The highest BCUT2D eigenvalue weighted by molar-refractivity contribution is 5.73. The van der Waals surface area contributed by atoms with Gasteiger partial charge in [0.05, 0.1) is 17.6 Å². The monoisotopic (exact) mass is 316 g/mol. The maximum atomic E-state index is 12.0. The lowest BCUT2D eigenvalue weighted by atomic mass is 9.85. The van der Waals surface area contributed by atoms with E-state index < -0.39 is 28.8 Å². The third-order valence-electron chi connectivity index (χ3n) is 3.73. The van der Waals surface area contributed by atoms with Crippen molar-refractivity contribution in [2.45, 2.75) is 64.2 Å². The average Bonchev–Trinajstić information content (AvgIpc) is 2.29. The number of amides is 1. The first kappa shape index (κ1) is 18.7. The lowest BCUT2D eigenvalue weighted by Crippen LogP contribution is -2.72. The topological polar surface area (TPSA) is 99.1 Å². The van der Waals surface area contributed by atoms with Crippen molar-refractivity contribution in [2.24, 2.45) is 0 Å².